The standard InChI is InChI=1S/C31H60IN3O5/c1-4-5-6-7-8-9-10-11-12-13-14-15-16-17-18-19-22-33-31(37)40-29(32)28(38-3)27-39-30(36)34-23-26-35(2)24-20-21-25-35/h28-29H,4-27H2,1-3H3,(H-,33,34,36,37)/p+1. The molecule has 0 aromatic rings. The van der Waals surface area contributed by atoms with Gasteiger partial charge in [-0.2, -0.15) is 0 Å². The third-order valence-electron chi connectivity index (χ3n) is 8.06. The second-order valence-corrected chi connectivity index (χ2v) is 13.0. The van der Waals surface area contributed by atoms with Gasteiger partial charge >= 0.3 is 12.2 Å². The largest absolute Gasteiger partial charge is 0.447 e. The molecule has 1 aliphatic rings. The van der Waals surface area contributed by atoms with Crippen LogP contribution in [0.1, 0.15) is 122 Å². The smallest absolute Gasteiger partial charge is 0.408 e. The van der Waals surface area contributed by atoms with Crippen LogP contribution >= 0.6 is 22.6 Å². The van der Waals surface area contributed by atoms with Crippen molar-refractivity contribution in [2.45, 2.75) is 133 Å². The Labute approximate surface area is 259 Å². The fourth-order valence-corrected chi connectivity index (χ4v) is 6.03. The van der Waals surface area contributed by atoms with Crippen LogP contribution in [0.4, 0.5) is 9.59 Å². The van der Waals surface area contributed by atoms with Gasteiger partial charge in [-0.15, -0.1) is 0 Å². The number of ether oxygens (including phenoxy) is 3. The van der Waals surface area contributed by atoms with E-state index in [0.717, 1.165) is 37.0 Å². The van der Waals surface area contributed by atoms with E-state index in [4.69, 9.17) is 14.2 Å². The van der Waals surface area contributed by atoms with Crippen molar-refractivity contribution in [2.75, 3.05) is 53.5 Å². The summed E-state index contributed by atoms with van der Waals surface area (Å²) >= 11 is 2.00. The number of quaternary nitrogens is 1. The summed E-state index contributed by atoms with van der Waals surface area (Å²) in [6, 6.07) is 0. The van der Waals surface area contributed by atoms with Gasteiger partial charge in [0.1, 0.15) is 12.7 Å². The predicted molar refractivity (Wildman–Crippen MR) is 172 cm³/mol. The number of unbranched alkanes of at least 4 members (excludes halogenated alkanes) is 15. The number of hydrogen-bond acceptors (Lipinski definition) is 5. The van der Waals surface area contributed by atoms with Gasteiger partial charge in [-0.25, -0.2) is 9.59 Å². The number of carbonyl (C=O) groups excluding carboxylic acids is 2. The minimum Gasteiger partial charge on any atom is -0.447 e. The summed E-state index contributed by atoms with van der Waals surface area (Å²) in [5, 5.41) is 5.64. The number of rotatable bonds is 25. The Morgan fingerprint density at radius 2 is 1.23 bits per heavy atom. The minimum absolute atomic E-state index is 0.0223. The van der Waals surface area contributed by atoms with Crippen LogP contribution in [-0.2, 0) is 14.2 Å². The van der Waals surface area contributed by atoms with Gasteiger partial charge in [0.05, 0.1) is 33.2 Å². The fourth-order valence-electron chi connectivity index (χ4n) is 5.29. The van der Waals surface area contributed by atoms with Crippen molar-refractivity contribution in [1.82, 2.24) is 10.6 Å². The molecule has 236 valence electrons. The molecule has 1 saturated heterocycles. The number of methoxy groups -OCH3 is 1. The van der Waals surface area contributed by atoms with Crippen molar-refractivity contribution in [3.8, 4) is 0 Å². The molecule has 8 nitrogen and oxygen atoms in total. The molecule has 0 aromatic carbocycles. The number of amides is 2. The van der Waals surface area contributed by atoms with E-state index < -0.39 is 22.4 Å². The van der Waals surface area contributed by atoms with Crippen molar-refractivity contribution < 1.29 is 28.3 Å². The minimum atomic E-state index is -0.560. The van der Waals surface area contributed by atoms with Crippen LogP contribution in [0.15, 0.2) is 0 Å². The lowest BCUT2D eigenvalue weighted by Crippen LogP contribution is -2.46. The first-order valence-corrected chi connectivity index (χ1v) is 17.5. The molecule has 0 bridgehead atoms. The number of nitrogens with zero attached hydrogens (tertiary/aromatic N) is 1. The molecule has 1 aliphatic heterocycles. The van der Waals surface area contributed by atoms with Gasteiger partial charge in [-0.05, 0) is 29.0 Å². The van der Waals surface area contributed by atoms with E-state index >= 15 is 0 Å². The van der Waals surface area contributed by atoms with Gasteiger partial charge in [0, 0.05) is 26.5 Å². The molecule has 1 heterocycles. The molecular formula is C31H61IN3O5+. The van der Waals surface area contributed by atoms with Crippen molar-refractivity contribution in [2.24, 2.45) is 0 Å². The molecule has 1 fully saturated rings. The molecule has 9 heteroatoms. The Bertz CT molecular complexity index is 634. The predicted octanol–water partition coefficient (Wildman–Crippen LogP) is 7.72. The van der Waals surface area contributed by atoms with Gasteiger partial charge in [-0.1, -0.05) is 103 Å². The first-order valence-electron chi connectivity index (χ1n) is 16.3. The second-order valence-electron chi connectivity index (χ2n) is 11.8. The quantitative estimate of drug-likeness (QED) is 0.0446. The number of alkyl carbamates (subject to hydrolysis) is 2. The Morgan fingerprint density at radius 3 is 1.73 bits per heavy atom. The van der Waals surface area contributed by atoms with E-state index in [1.807, 2.05) is 22.6 Å². The van der Waals surface area contributed by atoms with E-state index in [1.165, 1.54) is 110 Å². The summed E-state index contributed by atoms with van der Waals surface area (Å²) in [6.45, 7) is 6.72. The molecule has 2 atom stereocenters. The molecule has 0 aliphatic carbocycles. The van der Waals surface area contributed by atoms with Crippen molar-refractivity contribution in [1.29, 1.82) is 0 Å². The van der Waals surface area contributed by atoms with Crippen LogP contribution in [0.3, 0.4) is 0 Å². The van der Waals surface area contributed by atoms with Crippen LogP contribution in [0.5, 0.6) is 0 Å². The summed E-state index contributed by atoms with van der Waals surface area (Å²) in [5.41, 5.74) is 0. The normalized spacial score (nSPS) is 15.9. The van der Waals surface area contributed by atoms with Crippen LogP contribution in [0.25, 0.3) is 0 Å². The average molecular weight is 683 g/mol. The molecular weight excluding hydrogens is 621 g/mol. The van der Waals surface area contributed by atoms with Crippen LogP contribution in [-0.4, -0.2) is 80.4 Å². The van der Waals surface area contributed by atoms with Gasteiger partial charge in [0.15, 0.2) is 4.11 Å². The SMILES string of the molecule is CCCCCCCCCCCCCCCCCCNC(=O)OC(I)C(COC(=O)NCC[N+]1(C)CCCC1)OC. The Kier molecular flexibility index (Phi) is 23.0. The van der Waals surface area contributed by atoms with Crippen LogP contribution in [0.2, 0.25) is 0 Å². The molecule has 1 rings (SSSR count). The number of halogens is 1. The molecule has 0 saturated carbocycles. The third-order valence-corrected chi connectivity index (χ3v) is 9.12. The zero-order valence-electron chi connectivity index (χ0n) is 26.0. The Hall–Kier alpha value is -0.810. The highest BCUT2D eigenvalue weighted by molar-refractivity contribution is 14.1. The highest BCUT2D eigenvalue weighted by atomic mass is 127. The molecule has 2 unspecified atom stereocenters. The molecule has 0 radical (unpaired) electrons. The molecule has 0 aromatic heterocycles. The highest BCUT2D eigenvalue weighted by Gasteiger charge is 2.27. The van der Waals surface area contributed by atoms with Gasteiger partial charge in [0.2, 0.25) is 0 Å². The van der Waals surface area contributed by atoms with Gasteiger partial charge < -0.3 is 29.3 Å². The summed E-state index contributed by atoms with van der Waals surface area (Å²) in [4.78, 5) is 24.2. The lowest BCUT2D eigenvalue weighted by atomic mass is 10.0. The van der Waals surface area contributed by atoms with Crippen molar-refractivity contribution in [3.63, 3.8) is 0 Å². The van der Waals surface area contributed by atoms with E-state index in [-0.39, 0.29) is 6.61 Å². The number of alkyl halides is 1. The summed E-state index contributed by atoms with van der Waals surface area (Å²) in [6.07, 6.45) is 22.3. The van der Waals surface area contributed by atoms with Crippen molar-refractivity contribution in [3.05, 3.63) is 0 Å². The summed E-state index contributed by atoms with van der Waals surface area (Å²) < 4.78 is 16.5. The van der Waals surface area contributed by atoms with E-state index in [9.17, 15) is 9.59 Å². The van der Waals surface area contributed by atoms with Crippen LogP contribution < -0.4 is 10.6 Å². The summed E-state index contributed by atoms with van der Waals surface area (Å²) in [5.74, 6) is 0. The fraction of sp³-hybridized carbons (Fsp3) is 0.935. The Morgan fingerprint density at radius 1 is 0.750 bits per heavy atom. The number of likely N-dealkylation sites (N-methyl/N-ethyl adjacent to an activating group) is 1. The number of hydrogen-bond donors (Lipinski definition) is 2. The first kappa shape index (κ1) is 37.2. The van der Waals surface area contributed by atoms with E-state index in [2.05, 4.69) is 24.6 Å². The maximum atomic E-state index is 12.2. The molecule has 2 amide bonds. The average Bonchev–Trinajstić information content (AvgIpc) is 3.36. The van der Waals surface area contributed by atoms with Crippen molar-refractivity contribution >= 4 is 34.8 Å². The Balaban J connectivity index is 1.94. The van der Waals surface area contributed by atoms with Gasteiger partial charge in [0.25, 0.3) is 0 Å². The maximum absolute atomic E-state index is 12.2. The van der Waals surface area contributed by atoms with Crippen LogP contribution in [0, 0.1) is 0 Å². The highest BCUT2D eigenvalue weighted by Crippen LogP contribution is 2.16. The lowest BCUT2D eigenvalue weighted by molar-refractivity contribution is -0.896. The second kappa shape index (κ2) is 24.8. The lowest BCUT2D eigenvalue weighted by Gasteiger charge is -2.29. The topological polar surface area (TPSA) is 85.9 Å². The maximum Gasteiger partial charge on any atom is 0.408 e. The number of nitrogens with one attached hydrogen (secondary N) is 2. The molecule has 2 N–H and O–H groups in total. The third kappa shape index (κ3) is 20.1. The zero-order valence-corrected chi connectivity index (χ0v) is 28.1. The first-order chi connectivity index (χ1) is 19.4. The van der Waals surface area contributed by atoms with E-state index in [1.54, 1.807) is 0 Å². The summed E-state index contributed by atoms with van der Waals surface area (Å²) in [7, 11) is 3.75. The monoisotopic (exact) mass is 682 g/mol. The zero-order chi connectivity index (χ0) is 29.3. The molecule has 0 spiro atoms. The van der Waals surface area contributed by atoms with Gasteiger partial charge in [-0.3, -0.25) is 0 Å². The number of likely N-dealkylation sites (tertiary alicyclic amines) is 1. The molecule has 40 heavy (non-hydrogen) atoms. The number of carbonyl (C=O) groups is 2. The van der Waals surface area contributed by atoms with E-state index in [0.29, 0.717) is 13.1 Å².